The number of furan rings is 1. The first-order chi connectivity index (χ1) is 10.1. The van der Waals surface area contributed by atoms with E-state index in [9.17, 15) is 4.79 Å². The minimum atomic E-state index is -1.02. The molecule has 0 unspecified atom stereocenters. The van der Waals surface area contributed by atoms with Crippen LogP contribution in [0.2, 0.25) is 0 Å². The Bertz CT molecular complexity index is 791. The highest BCUT2D eigenvalue weighted by molar-refractivity contribution is 5.67. The van der Waals surface area contributed by atoms with Gasteiger partial charge in [-0.05, 0) is 35.5 Å². The van der Waals surface area contributed by atoms with Crippen molar-refractivity contribution in [1.82, 2.24) is 20.2 Å². The number of hydrogen-bond acceptors (Lipinski definition) is 5. The molecule has 1 N–H and O–H groups in total. The van der Waals surface area contributed by atoms with E-state index >= 15 is 0 Å². The van der Waals surface area contributed by atoms with E-state index in [2.05, 4.69) is 15.5 Å². The molecule has 0 fully saturated rings. The van der Waals surface area contributed by atoms with Crippen LogP contribution in [0.1, 0.15) is 5.56 Å². The first-order valence-electron chi connectivity index (χ1n) is 6.29. The lowest BCUT2D eigenvalue weighted by Gasteiger charge is -2.00. The van der Waals surface area contributed by atoms with Gasteiger partial charge in [0.05, 0.1) is 0 Å². The van der Waals surface area contributed by atoms with Crippen molar-refractivity contribution in [2.45, 2.75) is 13.5 Å². The molecule has 0 aliphatic heterocycles. The highest BCUT2D eigenvalue weighted by Crippen LogP contribution is 2.27. The molecule has 3 aromatic rings. The predicted molar refractivity (Wildman–Crippen MR) is 73.3 cm³/mol. The van der Waals surface area contributed by atoms with Crippen LogP contribution in [0.4, 0.5) is 0 Å². The standard InChI is InChI=1S/C14H12N4O3/c1-9-3-2-4-10(7-9)11-5-6-12(21-11)14-15-16-17-18(14)8-13(19)20/h2-7H,8H2,1H3,(H,19,20). The lowest BCUT2D eigenvalue weighted by molar-refractivity contribution is -0.137. The second-order valence-electron chi connectivity index (χ2n) is 4.59. The maximum atomic E-state index is 10.8. The van der Waals surface area contributed by atoms with E-state index in [-0.39, 0.29) is 12.4 Å². The van der Waals surface area contributed by atoms with Gasteiger partial charge in [-0.25, -0.2) is 4.68 Å². The summed E-state index contributed by atoms with van der Waals surface area (Å²) in [5.74, 6) is 0.377. The van der Waals surface area contributed by atoms with E-state index < -0.39 is 5.97 Å². The third kappa shape index (κ3) is 2.66. The number of aryl methyl sites for hydroxylation is 1. The molecule has 0 saturated carbocycles. The fourth-order valence-electron chi connectivity index (χ4n) is 2.03. The molecule has 0 aliphatic rings. The van der Waals surface area contributed by atoms with Crippen molar-refractivity contribution >= 4 is 5.97 Å². The molecule has 0 spiro atoms. The fraction of sp³-hybridized carbons (Fsp3) is 0.143. The Balaban J connectivity index is 1.95. The maximum Gasteiger partial charge on any atom is 0.325 e. The minimum Gasteiger partial charge on any atom is -0.480 e. The van der Waals surface area contributed by atoms with Crippen LogP contribution in [0, 0.1) is 6.92 Å². The molecule has 21 heavy (non-hydrogen) atoms. The lowest BCUT2D eigenvalue weighted by atomic mass is 10.1. The summed E-state index contributed by atoms with van der Waals surface area (Å²) in [7, 11) is 0. The fourth-order valence-corrected chi connectivity index (χ4v) is 2.03. The number of carboxylic acids is 1. The van der Waals surface area contributed by atoms with Crippen LogP contribution in [0.25, 0.3) is 22.9 Å². The van der Waals surface area contributed by atoms with Gasteiger partial charge in [-0.2, -0.15) is 0 Å². The molecule has 0 saturated heterocycles. The molecule has 0 radical (unpaired) electrons. The Hall–Kier alpha value is -2.96. The number of aliphatic carboxylic acids is 1. The van der Waals surface area contributed by atoms with E-state index in [0.29, 0.717) is 11.5 Å². The van der Waals surface area contributed by atoms with Gasteiger partial charge in [0, 0.05) is 5.56 Å². The van der Waals surface area contributed by atoms with Crippen LogP contribution in [-0.2, 0) is 11.3 Å². The summed E-state index contributed by atoms with van der Waals surface area (Å²) in [5, 5.41) is 19.8. The van der Waals surface area contributed by atoms with Gasteiger partial charge in [0.2, 0.25) is 5.82 Å². The molecular weight excluding hydrogens is 272 g/mol. The molecule has 2 heterocycles. The number of hydrogen-bond donors (Lipinski definition) is 1. The Morgan fingerprint density at radius 3 is 2.86 bits per heavy atom. The van der Waals surface area contributed by atoms with E-state index in [4.69, 9.17) is 9.52 Å². The van der Waals surface area contributed by atoms with Crippen molar-refractivity contribution in [3.8, 4) is 22.9 Å². The number of tetrazole rings is 1. The highest BCUT2D eigenvalue weighted by atomic mass is 16.4. The predicted octanol–water partition coefficient (Wildman–Crippen LogP) is 1.99. The second-order valence-corrected chi connectivity index (χ2v) is 4.59. The van der Waals surface area contributed by atoms with E-state index in [0.717, 1.165) is 11.1 Å². The molecule has 7 heteroatoms. The monoisotopic (exact) mass is 284 g/mol. The van der Waals surface area contributed by atoms with E-state index in [1.54, 1.807) is 6.07 Å². The van der Waals surface area contributed by atoms with Crippen LogP contribution >= 0.6 is 0 Å². The second kappa shape index (κ2) is 5.20. The van der Waals surface area contributed by atoms with Gasteiger partial charge < -0.3 is 9.52 Å². The van der Waals surface area contributed by atoms with Gasteiger partial charge in [0.25, 0.3) is 0 Å². The number of carboxylic acid groups (broad SMARTS) is 1. The van der Waals surface area contributed by atoms with Crippen molar-refractivity contribution in [3.63, 3.8) is 0 Å². The summed E-state index contributed by atoms with van der Waals surface area (Å²) in [4.78, 5) is 10.8. The number of nitrogens with zero attached hydrogens (tertiary/aromatic N) is 4. The molecule has 2 aromatic heterocycles. The molecule has 106 valence electrons. The average molecular weight is 284 g/mol. The number of carbonyl (C=O) groups is 1. The smallest absolute Gasteiger partial charge is 0.325 e. The van der Waals surface area contributed by atoms with Gasteiger partial charge >= 0.3 is 5.97 Å². The van der Waals surface area contributed by atoms with Crippen LogP contribution in [0.5, 0.6) is 0 Å². The number of rotatable bonds is 4. The third-order valence-electron chi connectivity index (χ3n) is 2.95. The average Bonchev–Trinajstić information content (AvgIpc) is 3.06. The zero-order valence-corrected chi connectivity index (χ0v) is 11.2. The van der Waals surface area contributed by atoms with Crippen molar-refractivity contribution in [2.24, 2.45) is 0 Å². The van der Waals surface area contributed by atoms with Gasteiger partial charge in [-0.1, -0.05) is 23.8 Å². The SMILES string of the molecule is Cc1cccc(-c2ccc(-c3nnnn3CC(=O)O)o2)c1. The summed E-state index contributed by atoms with van der Waals surface area (Å²) >= 11 is 0. The minimum absolute atomic E-state index is 0.288. The first kappa shape index (κ1) is 13.0. The molecule has 0 aliphatic carbocycles. The van der Waals surface area contributed by atoms with E-state index in [1.165, 1.54) is 4.68 Å². The first-order valence-corrected chi connectivity index (χ1v) is 6.29. The molecule has 0 amide bonds. The van der Waals surface area contributed by atoms with Crippen molar-refractivity contribution < 1.29 is 14.3 Å². The van der Waals surface area contributed by atoms with Gasteiger partial charge in [0.15, 0.2) is 5.76 Å². The third-order valence-corrected chi connectivity index (χ3v) is 2.95. The lowest BCUT2D eigenvalue weighted by Crippen LogP contribution is -2.11. The molecule has 3 rings (SSSR count). The largest absolute Gasteiger partial charge is 0.480 e. The Kier molecular flexibility index (Phi) is 3.23. The Morgan fingerprint density at radius 2 is 2.10 bits per heavy atom. The van der Waals surface area contributed by atoms with Gasteiger partial charge in [-0.15, -0.1) is 5.10 Å². The molecular formula is C14H12N4O3. The van der Waals surface area contributed by atoms with Crippen LogP contribution in [0.3, 0.4) is 0 Å². The Morgan fingerprint density at radius 1 is 1.29 bits per heavy atom. The summed E-state index contributed by atoms with van der Waals surface area (Å²) in [6, 6.07) is 11.4. The van der Waals surface area contributed by atoms with Crippen molar-refractivity contribution in [1.29, 1.82) is 0 Å². The van der Waals surface area contributed by atoms with Crippen molar-refractivity contribution in [2.75, 3.05) is 0 Å². The maximum absolute atomic E-state index is 10.8. The molecule has 0 bridgehead atoms. The number of benzene rings is 1. The topological polar surface area (TPSA) is 94.0 Å². The highest BCUT2D eigenvalue weighted by Gasteiger charge is 2.15. The Labute approximate surface area is 119 Å². The zero-order chi connectivity index (χ0) is 14.8. The van der Waals surface area contributed by atoms with E-state index in [1.807, 2.05) is 37.3 Å². The quantitative estimate of drug-likeness (QED) is 0.787. The summed E-state index contributed by atoms with van der Waals surface area (Å²) < 4.78 is 6.92. The van der Waals surface area contributed by atoms with Crippen molar-refractivity contribution in [3.05, 3.63) is 42.0 Å². The number of aromatic nitrogens is 4. The van der Waals surface area contributed by atoms with Crippen LogP contribution in [0.15, 0.2) is 40.8 Å². The van der Waals surface area contributed by atoms with Crippen LogP contribution in [-0.4, -0.2) is 31.3 Å². The molecule has 1 aromatic carbocycles. The normalized spacial score (nSPS) is 10.7. The summed E-state index contributed by atoms with van der Waals surface area (Å²) in [5.41, 5.74) is 2.07. The summed E-state index contributed by atoms with van der Waals surface area (Å²) in [6.45, 7) is 1.68. The molecule has 0 atom stereocenters. The van der Waals surface area contributed by atoms with Crippen LogP contribution < -0.4 is 0 Å². The zero-order valence-electron chi connectivity index (χ0n) is 11.2. The van der Waals surface area contributed by atoms with Gasteiger partial charge in [0.1, 0.15) is 12.3 Å². The molecule has 7 nitrogen and oxygen atoms in total. The van der Waals surface area contributed by atoms with Gasteiger partial charge in [-0.3, -0.25) is 4.79 Å². The summed E-state index contributed by atoms with van der Waals surface area (Å²) in [6.07, 6.45) is 0.